The van der Waals surface area contributed by atoms with Crippen molar-refractivity contribution in [1.29, 1.82) is 0 Å². The van der Waals surface area contributed by atoms with E-state index in [0.29, 0.717) is 6.42 Å². The fraction of sp³-hybridized carbons (Fsp3) is 0.370. The summed E-state index contributed by atoms with van der Waals surface area (Å²) in [5, 5.41) is 0. The van der Waals surface area contributed by atoms with Crippen LogP contribution in [0.3, 0.4) is 0 Å². The van der Waals surface area contributed by atoms with E-state index < -0.39 is 0 Å². The number of nitrogens with zero attached hydrogens (tertiary/aromatic N) is 1. The Kier molecular flexibility index (Phi) is 6.81. The monoisotopic (exact) mass is 401 g/mol. The molecule has 0 atom stereocenters. The minimum atomic E-state index is -0.0947. The molecule has 0 spiro atoms. The molecule has 1 aliphatic heterocycles. The molecule has 1 fully saturated rings. The van der Waals surface area contributed by atoms with Crippen molar-refractivity contribution in [1.82, 2.24) is 4.90 Å². The van der Waals surface area contributed by atoms with Crippen molar-refractivity contribution in [2.45, 2.75) is 38.5 Å². The van der Waals surface area contributed by atoms with Gasteiger partial charge < -0.3 is 9.64 Å². The molecule has 3 heteroatoms. The number of methoxy groups -OCH3 is 1. The maximum Gasteiger partial charge on any atom is 0.305 e. The van der Waals surface area contributed by atoms with Gasteiger partial charge in [0.25, 0.3) is 0 Å². The summed E-state index contributed by atoms with van der Waals surface area (Å²) in [6.45, 7) is 3.36. The number of unbranched alkanes of at least 4 members (excludes halogenated alkanes) is 2. The van der Waals surface area contributed by atoms with Crippen molar-refractivity contribution in [2.24, 2.45) is 0 Å². The second-order valence-electron chi connectivity index (χ2n) is 8.21. The van der Waals surface area contributed by atoms with Gasteiger partial charge in [0.05, 0.1) is 7.11 Å². The van der Waals surface area contributed by atoms with E-state index in [0.717, 1.165) is 51.7 Å². The lowest BCUT2D eigenvalue weighted by Gasteiger charge is -2.30. The predicted octanol–water partition coefficient (Wildman–Crippen LogP) is 5.80. The standard InChI is InChI=1S/C27H31NO2/c1-30-26(29)13-3-2-8-18-28-19-16-23(17-20-28)27-24-11-6-4-9-21(24)14-15-22-10-5-7-12-25(22)27/h4-7,9-12,14-15H,2-3,8,13,16-20H2,1H3. The first-order chi connectivity index (χ1) is 14.8. The molecule has 0 bridgehead atoms. The Morgan fingerprint density at radius 3 is 2.07 bits per heavy atom. The van der Waals surface area contributed by atoms with E-state index in [1.165, 1.54) is 34.9 Å². The smallest absolute Gasteiger partial charge is 0.305 e. The average molecular weight is 402 g/mol. The minimum Gasteiger partial charge on any atom is -0.469 e. The lowest BCUT2D eigenvalue weighted by atomic mass is 9.86. The van der Waals surface area contributed by atoms with E-state index >= 15 is 0 Å². The average Bonchev–Trinajstić information content (AvgIpc) is 2.96. The summed E-state index contributed by atoms with van der Waals surface area (Å²) in [6, 6.07) is 17.6. The van der Waals surface area contributed by atoms with Crippen LogP contribution in [0.5, 0.6) is 0 Å². The van der Waals surface area contributed by atoms with Gasteiger partial charge in [-0.1, -0.05) is 72.7 Å². The summed E-state index contributed by atoms with van der Waals surface area (Å²) in [4.78, 5) is 13.8. The highest BCUT2D eigenvalue weighted by Crippen LogP contribution is 2.38. The molecule has 0 N–H and O–H groups in total. The molecule has 2 aromatic carbocycles. The van der Waals surface area contributed by atoms with Gasteiger partial charge in [0.2, 0.25) is 0 Å². The fourth-order valence-corrected chi connectivity index (χ4v) is 4.63. The molecule has 2 aliphatic rings. The predicted molar refractivity (Wildman–Crippen MR) is 124 cm³/mol. The van der Waals surface area contributed by atoms with Gasteiger partial charge in [-0.15, -0.1) is 0 Å². The molecule has 0 saturated carbocycles. The summed E-state index contributed by atoms with van der Waals surface area (Å²) < 4.78 is 4.72. The molecule has 0 unspecified atom stereocenters. The summed E-state index contributed by atoms with van der Waals surface area (Å²) in [7, 11) is 1.46. The van der Waals surface area contributed by atoms with Gasteiger partial charge in [-0.05, 0) is 60.1 Å². The first-order valence-corrected chi connectivity index (χ1v) is 11.1. The van der Waals surface area contributed by atoms with E-state index in [1.807, 2.05) is 0 Å². The topological polar surface area (TPSA) is 29.5 Å². The van der Waals surface area contributed by atoms with E-state index in [1.54, 1.807) is 5.57 Å². The number of hydrogen-bond acceptors (Lipinski definition) is 3. The van der Waals surface area contributed by atoms with E-state index in [2.05, 4.69) is 65.6 Å². The molecule has 0 aromatic heterocycles. The van der Waals surface area contributed by atoms with Gasteiger partial charge >= 0.3 is 5.97 Å². The van der Waals surface area contributed by atoms with Gasteiger partial charge in [0.15, 0.2) is 0 Å². The third kappa shape index (κ3) is 4.73. The van der Waals surface area contributed by atoms with Crippen LogP contribution in [0.2, 0.25) is 0 Å². The molecule has 1 aliphatic carbocycles. The van der Waals surface area contributed by atoms with E-state index in [4.69, 9.17) is 4.74 Å². The number of hydrogen-bond donors (Lipinski definition) is 0. The highest BCUT2D eigenvalue weighted by atomic mass is 16.5. The maximum atomic E-state index is 11.2. The zero-order valence-electron chi connectivity index (χ0n) is 17.9. The maximum absolute atomic E-state index is 11.2. The Morgan fingerprint density at radius 2 is 1.47 bits per heavy atom. The van der Waals surface area contributed by atoms with Gasteiger partial charge in [0, 0.05) is 19.5 Å². The first kappa shape index (κ1) is 20.6. The lowest BCUT2D eigenvalue weighted by molar-refractivity contribution is -0.140. The summed E-state index contributed by atoms with van der Waals surface area (Å²) >= 11 is 0. The minimum absolute atomic E-state index is 0.0947. The Morgan fingerprint density at radius 1 is 0.867 bits per heavy atom. The second-order valence-corrected chi connectivity index (χ2v) is 8.21. The van der Waals surface area contributed by atoms with Crippen LogP contribution in [-0.4, -0.2) is 37.6 Å². The van der Waals surface area contributed by atoms with Crippen LogP contribution >= 0.6 is 0 Å². The third-order valence-electron chi connectivity index (χ3n) is 6.30. The van der Waals surface area contributed by atoms with Gasteiger partial charge in [-0.3, -0.25) is 4.79 Å². The largest absolute Gasteiger partial charge is 0.469 e. The van der Waals surface area contributed by atoms with Crippen LogP contribution in [0.25, 0.3) is 17.7 Å². The number of esters is 1. The zero-order valence-corrected chi connectivity index (χ0v) is 17.9. The SMILES string of the molecule is COC(=O)CCCCCN1CCC(=C2c3ccccc3C=Cc3ccccc32)CC1. The highest BCUT2D eigenvalue weighted by molar-refractivity contribution is 5.94. The Balaban J connectivity index is 1.45. The first-order valence-electron chi connectivity index (χ1n) is 11.1. The lowest BCUT2D eigenvalue weighted by Crippen LogP contribution is -2.32. The van der Waals surface area contributed by atoms with Crippen LogP contribution in [-0.2, 0) is 9.53 Å². The molecule has 4 rings (SSSR count). The summed E-state index contributed by atoms with van der Waals surface area (Å²) in [5.74, 6) is -0.0947. The highest BCUT2D eigenvalue weighted by Gasteiger charge is 2.22. The molecule has 0 amide bonds. The number of ether oxygens (including phenoxy) is 1. The molecule has 3 nitrogen and oxygen atoms in total. The normalized spacial score (nSPS) is 16.0. The Hall–Kier alpha value is -2.65. The summed E-state index contributed by atoms with van der Waals surface area (Å²) in [5.41, 5.74) is 8.38. The molecular formula is C27H31NO2. The van der Waals surface area contributed by atoms with Crippen LogP contribution in [0.15, 0.2) is 54.1 Å². The van der Waals surface area contributed by atoms with E-state index in [-0.39, 0.29) is 5.97 Å². The van der Waals surface area contributed by atoms with Crippen molar-refractivity contribution >= 4 is 23.7 Å². The van der Waals surface area contributed by atoms with E-state index in [9.17, 15) is 4.79 Å². The van der Waals surface area contributed by atoms with Crippen molar-refractivity contribution < 1.29 is 9.53 Å². The van der Waals surface area contributed by atoms with Crippen molar-refractivity contribution in [3.05, 3.63) is 76.4 Å². The number of fused-ring (bicyclic) bond motifs is 2. The number of carbonyl (C=O) groups is 1. The Bertz CT molecular complexity index is 895. The quantitative estimate of drug-likeness (QED) is 0.386. The van der Waals surface area contributed by atoms with Crippen LogP contribution in [0.1, 0.15) is 60.8 Å². The Labute approximate surface area is 180 Å². The van der Waals surface area contributed by atoms with Gasteiger partial charge in [-0.2, -0.15) is 0 Å². The number of piperidine rings is 1. The van der Waals surface area contributed by atoms with Crippen molar-refractivity contribution in [3.63, 3.8) is 0 Å². The molecular weight excluding hydrogens is 370 g/mol. The van der Waals surface area contributed by atoms with Crippen molar-refractivity contribution in [3.8, 4) is 0 Å². The number of likely N-dealkylation sites (tertiary alicyclic amines) is 1. The zero-order chi connectivity index (χ0) is 20.8. The molecule has 0 radical (unpaired) electrons. The molecule has 2 aromatic rings. The molecule has 1 heterocycles. The van der Waals surface area contributed by atoms with Gasteiger partial charge in [0.1, 0.15) is 0 Å². The molecule has 1 saturated heterocycles. The number of carbonyl (C=O) groups excluding carboxylic acids is 1. The second kappa shape index (κ2) is 9.90. The number of rotatable bonds is 6. The number of benzene rings is 2. The van der Waals surface area contributed by atoms with Crippen LogP contribution in [0.4, 0.5) is 0 Å². The molecule has 30 heavy (non-hydrogen) atoms. The van der Waals surface area contributed by atoms with Gasteiger partial charge in [-0.25, -0.2) is 0 Å². The molecule has 156 valence electrons. The summed E-state index contributed by atoms with van der Waals surface area (Å²) in [6.07, 6.45) is 10.5. The third-order valence-corrected chi connectivity index (χ3v) is 6.30. The van der Waals surface area contributed by atoms with Crippen LogP contribution in [0, 0.1) is 0 Å². The fourth-order valence-electron chi connectivity index (χ4n) is 4.63. The van der Waals surface area contributed by atoms with Crippen molar-refractivity contribution in [2.75, 3.05) is 26.7 Å². The van der Waals surface area contributed by atoms with Crippen LogP contribution < -0.4 is 0 Å².